The molecule has 4 rings (SSSR count). The maximum atomic E-state index is 12.6. The molecule has 0 unspecified atom stereocenters. The zero-order valence-corrected chi connectivity index (χ0v) is 14.2. The minimum atomic E-state index is -4.19. The zero-order valence-electron chi connectivity index (χ0n) is 13.4. The summed E-state index contributed by atoms with van der Waals surface area (Å²) in [6, 6.07) is 10.0. The number of H-pyrrole nitrogens is 2. The molecule has 2 aromatic heterocycles. The Labute approximate surface area is 150 Å². The predicted octanol–water partition coefficient (Wildman–Crippen LogP) is -0.0402. The second-order valence-electron chi connectivity index (χ2n) is 5.40. The van der Waals surface area contributed by atoms with E-state index in [0.29, 0.717) is 11.2 Å². The first-order valence-electron chi connectivity index (χ1n) is 7.47. The molecule has 11 nitrogen and oxygen atoms in total. The van der Waals surface area contributed by atoms with E-state index < -0.39 is 21.2 Å². The molecular formula is C15H10N6O5S. The lowest BCUT2D eigenvalue weighted by Crippen LogP contribution is -2.29. The van der Waals surface area contributed by atoms with E-state index >= 15 is 0 Å². The van der Waals surface area contributed by atoms with Gasteiger partial charge in [-0.3, -0.25) is 9.59 Å². The van der Waals surface area contributed by atoms with Crippen molar-refractivity contribution in [3.63, 3.8) is 0 Å². The number of benzene rings is 2. The Balaban J connectivity index is 1.71. The monoisotopic (exact) mass is 386 g/mol. The number of hydrogen-bond acceptors (Lipinski definition) is 8. The van der Waals surface area contributed by atoms with Crippen LogP contribution in [0.5, 0.6) is 5.75 Å². The van der Waals surface area contributed by atoms with Crippen LogP contribution in [0.3, 0.4) is 0 Å². The van der Waals surface area contributed by atoms with E-state index in [-0.39, 0.29) is 16.2 Å². The summed E-state index contributed by atoms with van der Waals surface area (Å²) in [7, 11) is -4.19. The third-order valence-corrected chi connectivity index (χ3v) is 4.86. The molecular weight excluding hydrogens is 376 g/mol. The van der Waals surface area contributed by atoms with Crippen LogP contribution < -0.4 is 15.3 Å². The molecule has 0 saturated heterocycles. The van der Waals surface area contributed by atoms with E-state index in [0.717, 1.165) is 0 Å². The number of nitrogens with zero attached hydrogens (tertiary/aromatic N) is 4. The van der Waals surface area contributed by atoms with Crippen molar-refractivity contribution < 1.29 is 12.6 Å². The number of aromatic nitrogens is 6. The minimum absolute atomic E-state index is 0.0538. The van der Waals surface area contributed by atoms with E-state index in [1.807, 2.05) is 0 Å². The van der Waals surface area contributed by atoms with Crippen molar-refractivity contribution in [2.75, 3.05) is 0 Å². The number of rotatable bonds is 4. The summed E-state index contributed by atoms with van der Waals surface area (Å²) in [4.78, 5) is 27.2. The van der Waals surface area contributed by atoms with Gasteiger partial charge in [0.1, 0.15) is 17.0 Å². The summed E-state index contributed by atoms with van der Waals surface area (Å²) in [6.07, 6.45) is 1.36. The van der Waals surface area contributed by atoms with Gasteiger partial charge in [0.15, 0.2) is 0 Å². The van der Waals surface area contributed by atoms with E-state index in [1.165, 1.54) is 41.3 Å². The highest BCUT2D eigenvalue weighted by molar-refractivity contribution is 7.87. The Kier molecular flexibility index (Phi) is 3.81. The first-order chi connectivity index (χ1) is 12.9. The zero-order chi connectivity index (χ0) is 19.0. The highest BCUT2D eigenvalue weighted by Crippen LogP contribution is 2.22. The van der Waals surface area contributed by atoms with Crippen molar-refractivity contribution in [2.24, 2.45) is 0 Å². The maximum Gasteiger partial charge on any atom is 0.339 e. The van der Waals surface area contributed by atoms with E-state index in [4.69, 9.17) is 4.18 Å². The second-order valence-corrected chi connectivity index (χ2v) is 6.95. The van der Waals surface area contributed by atoms with Gasteiger partial charge in [-0.1, -0.05) is 6.07 Å². The lowest BCUT2D eigenvalue weighted by Gasteiger charge is -2.09. The Morgan fingerprint density at radius 1 is 0.963 bits per heavy atom. The van der Waals surface area contributed by atoms with Gasteiger partial charge < -0.3 is 14.2 Å². The highest BCUT2D eigenvalue weighted by atomic mass is 32.2. The standard InChI is InChI=1S/C15H10N6O5S/c22-14-15(23)18-13-7-11(4-5-12(13)17-14)27(24,25)26-10-3-1-2-9(6-10)21-8-16-19-20-21/h1-8H,(H,17,22)(H,18,23). The third-order valence-electron chi connectivity index (χ3n) is 3.62. The number of aromatic amines is 2. The van der Waals surface area contributed by atoms with Crippen LogP contribution in [-0.2, 0) is 10.1 Å². The van der Waals surface area contributed by atoms with Gasteiger partial charge in [-0.2, -0.15) is 8.42 Å². The first-order valence-corrected chi connectivity index (χ1v) is 8.87. The van der Waals surface area contributed by atoms with Gasteiger partial charge in [-0.05, 0) is 40.8 Å². The molecule has 2 aromatic carbocycles. The SMILES string of the molecule is O=c1[nH]c2ccc(S(=O)(=O)Oc3cccc(-n4cnnn4)c3)cc2[nH]c1=O. The molecule has 0 radical (unpaired) electrons. The van der Waals surface area contributed by atoms with Crippen LogP contribution in [0.25, 0.3) is 16.7 Å². The molecule has 0 bridgehead atoms. The highest BCUT2D eigenvalue weighted by Gasteiger charge is 2.18. The van der Waals surface area contributed by atoms with Crippen molar-refractivity contribution in [1.82, 2.24) is 30.2 Å². The lowest BCUT2D eigenvalue weighted by atomic mass is 10.3. The fourth-order valence-electron chi connectivity index (χ4n) is 2.38. The van der Waals surface area contributed by atoms with E-state index in [9.17, 15) is 18.0 Å². The molecule has 27 heavy (non-hydrogen) atoms. The minimum Gasteiger partial charge on any atom is -0.379 e. The molecule has 4 aromatic rings. The Hall–Kier alpha value is -3.80. The number of hydrogen-bond donors (Lipinski definition) is 2. The van der Waals surface area contributed by atoms with Gasteiger partial charge in [0.25, 0.3) is 0 Å². The van der Waals surface area contributed by atoms with E-state index in [1.54, 1.807) is 12.1 Å². The molecule has 0 saturated carbocycles. The van der Waals surface area contributed by atoms with Crippen molar-refractivity contribution >= 4 is 21.2 Å². The van der Waals surface area contributed by atoms with Crippen LogP contribution in [0, 0.1) is 0 Å². The average molecular weight is 386 g/mol. The van der Waals surface area contributed by atoms with Gasteiger partial charge in [0.2, 0.25) is 0 Å². The summed E-state index contributed by atoms with van der Waals surface area (Å²) in [5, 5.41) is 10.7. The Bertz CT molecular complexity index is 1360. The molecule has 0 aliphatic heterocycles. The molecule has 136 valence electrons. The molecule has 12 heteroatoms. The average Bonchev–Trinajstić information content (AvgIpc) is 3.17. The summed E-state index contributed by atoms with van der Waals surface area (Å²) in [5.41, 5.74) is -0.750. The van der Waals surface area contributed by atoms with E-state index in [2.05, 4.69) is 25.5 Å². The second kappa shape index (κ2) is 6.17. The van der Waals surface area contributed by atoms with Gasteiger partial charge >= 0.3 is 21.2 Å². The van der Waals surface area contributed by atoms with Crippen molar-refractivity contribution in [2.45, 2.75) is 4.90 Å². The van der Waals surface area contributed by atoms with Gasteiger partial charge in [0.05, 0.1) is 16.7 Å². The van der Waals surface area contributed by atoms with Crippen LogP contribution in [-0.4, -0.2) is 38.6 Å². The summed E-state index contributed by atoms with van der Waals surface area (Å²) < 4.78 is 31.6. The quantitative estimate of drug-likeness (QED) is 0.366. The topological polar surface area (TPSA) is 153 Å². The maximum absolute atomic E-state index is 12.6. The number of nitrogens with one attached hydrogen (secondary N) is 2. The molecule has 2 heterocycles. The van der Waals surface area contributed by atoms with Crippen molar-refractivity contribution in [3.8, 4) is 11.4 Å². The number of tetrazole rings is 1. The smallest absolute Gasteiger partial charge is 0.339 e. The van der Waals surface area contributed by atoms with Crippen LogP contribution in [0.1, 0.15) is 0 Å². The third kappa shape index (κ3) is 3.20. The summed E-state index contributed by atoms with van der Waals surface area (Å²) in [6.45, 7) is 0. The Morgan fingerprint density at radius 2 is 1.74 bits per heavy atom. The van der Waals surface area contributed by atoms with Crippen LogP contribution in [0.4, 0.5) is 0 Å². The molecule has 0 atom stereocenters. The van der Waals surface area contributed by atoms with Gasteiger partial charge in [-0.25, -0.2) is 4.68 Å². The number of fused-ring (bicyclic) bond motifs is 1. The van der Waals surface area contributed by atoms with Gasteiger partial charge in [-0.15, -0.1) is 5.10 Å². The molecule has 0 amide bonds. The first kappa shape index (κ1) is 16.7. The van der Waals surface area contributed by atoms with Crippen molar-refractivity contribution in [1.29, 1.82) is 0 Å². The molecule has 2 N–H and O–H groups in total. The molecule has 0 aliphatic carbocycles. The summed E-state index contributed by atoms with van der Waals surface area (Å²) in [5.74, 6) is 0.0538. The Morgan fingerprint density at radius 3 is 2.48 bits per heavy atom. The normalized spacial score (nSPS) is 11.6. The van der Waals surface area contributed by atoms with Crippen LogP contribution in [0.15, 0.2) is 63.3 Å². The predicted molar refractivity (Wildman–Crippen MR) is 92.2 cm³/mol. The largest absolute Gasteiger partial charge is 0.379 e. The fraction of sp³-hybridized carbons (Fsp3) is 0. The fourth-order valence-corrected chi connectivity index (χ4v) is 3.33. The van der Waals surface area contributed by atoms with Crippen LogP contribution >= 0.6 is 0 Å². The molecule has 0 spiro atoms. The summed E-state index contributed by atoms with van der Waals surface area (Å²) >= 11 is 0. The van der Waals surface area contributed by atoms with Crippen molar-refractivity contribution in [3.05, 3.63) is 69.5 Å². The molecule has 0 fully saturated rings. The lowest BCUT2D eigenvalue weighted by molar-refractivity contribution is 0.486. The van der Waals surface area contributed by atoms with Crippen LogP contribution in [0.2, 0.25) is 0 Å². The molecule has 0 aliphatic rings. The van der Waals surface area contributed by atoms with Gasteiger partial charge in [0, 0.05) is 6.07 Å².